The summed E-state index contributed by atoms with van der Waals surface area (Å²) in [4.78, 5) is 22.0. The molecule has 0 atom stereocenters. The van der Waals surface area contributed by atoms with Crippen LogP contribution in [0.15, 0.2) is 36.4 Å². The number of amides is 1. The maximum Gasteiger partial charge on any atom is 0.271 e. The van der Waals surface area contributed by atoms with Crippen molar-refractivity contribution >= 4 is 28.9 Å². The third-order valence-electron chi connectivity index (χ3n) is 2.61. The summed E-state index contributed by atoms with van der Waals surface area (Å²) >= 11 is 5.74. The van der Waals surface area contributed by atoms with Gasteiger partial charge < -0.3 is 10.4 Å². The number of halogens is 2. The van der Waals surface area contributed by atoms with Crippen molar-refractivity contribution in [3.63, 3.8) is 0 Å². The smallest absolute Gasteiger partial charge is 0.271 e. The van der Waals surface area contributed by atoms with E-state index in [2.05, 4.69) is 5.32 Å². The molecule has 0 saturated carbocycles. The molecule has 0 fully saturated rings. The first-order chi connectivity index (χ1) is 9.88. The lowest BCUT2D eigenvalue weighted by molar-refractivity contribution is -0.384. The number of benzene rings is 2. The Morgan fingerprint density at radius 2 is 2.00 bits per heavy atom. The van der Waals surface area contributed by atoms with E-state index >= 15 is 0 Å². The Morgan fingerprint density at radius 3 is 2.62 bits per heavy atom. The van der Waals surface area contributed by atoms with Crippen molar-refractivity contribution in [2.24, 2.45) is 0 Å². The number of nitro benzene ring substituents is 1. The maximum absolute atomic E-state index is 12.9. The third kappa shape index (κ3) is 3.26. The molecule has 0 heterocycles. The molecule has 0 aliphatic rings. The van der Waals surface area contributed by atoms with Gasteiger partial charge in [0, 0.05) is 12.1 Å². The highest BCUT2D eigenvalue weighted by Gasteiger charge is 2.16. The van der Waals surface area contributed by atoms with Crippen molar-refractivity contribution < 1.29 is 19.2 Å². The van der Waals surface area contributed by atoms with Gasteiger partial charge in [-0.05, 0) is 24.3 Å². The Morgan fingerprint density at radius 1 is 1.29 bits per heavy atom. The molecular weight excluding hydrogens is 303 g/mol. The van der Waals surface area contributed by atoms with E-state index in [0.717, 1.165) is 30.3 Å². The summed E-state index contributed by atoms with van der Waals surface area (Å²) in [5, 5.41) is 22.4. The zero-order chi connectivity index (χ0) is 15.6. The Kier molecular flexibility index (Phi) is 4.04. The monoisotopic (exact) mass is 310 g/mol. The Hall–Kier alpha value is -2.67. The zero-order valence-corrected chi connectivity index (χ0v) is 11.1. The second-order valence-corrected chi connectivity index (χ2v) is 4.44. The SMILES string of the molecule is O=C(Nc1cc([N+](=O)[O-])ccc1O)c1ccc(F)cc1Cl. The van der Waals surface area contributed by atoms with Crippen molar-refractivity contribution in [1.29, 1.82) is 0 Å². The van der Waals surface area contributed by atoms with Crippen molar-refractivity contribution in [3.05, 3.63) is 62.9 Å². The minimum atomic E-state index is -0.726. The molecule has 1 amide bonds. The quantitative estimate of drug-likeness (QED) is 0.516. The average Bonchev–Trinajstić information content (AvgIpc) is 2.40. The first-order valence-electron chi connectivity index (χ1n) is 5.62. The second-order valence-electron chi connectivity index (χ2n) is 4.04. The minimum Gasteiger partial charge on any atom is -0.506 e. The number of nitro groups is 1. The van der Waals surface area contributed by atoms with Crippen LogP contribution in [-0.2, 0) is 0 Å². The van der Waals surface area contributed by atoms with E-state index < -0.39 is 16.6 Å². The summed E-state index contributed by atoms with van der Waals surface area (Å²) in [5.41, 5.74) is -0.466. The molecule has 0 aliphatic heterocycles. The highest BCUT2D eigenvalue weighted by molar-refractivity contribution is 6.34. The van der Waals surface area contributed by atoms with Gasteiger partial charge in [0.15, 0.2) is 0 Å². The number of hydrogen-bond acceptors (Lipinski definition) is 4. The second kappa shape index (κ2) is 5.76. The lowest BCUT2D eigenvalue weighted by Crippen LogP contribution is -2.13. The molecule has 0 unspecified atom stereocenters. The van der Waals surface area contributed by atoms with Crippen LogP contribution in [0.4, 0.5) is 15.8 Å². The standard InChI is InChI=1S/C13H8ClFN2O4/c14-10-5-7(15)1-3-9(10)13(19)16-11-6-8(17(20)21)2-4-12(11)18/h1-6,18H,(H,16,19). The number of hydrogen-bond donors (Lipinski definition) is 2. The number of rotatable bonds is 3. The van der Waals surface area contributed by atoms with Crippen LogP contribution >= 0.6 is 11.6 Å². The van der Waals surface area contributed by atoms with Crippen LogP contribution in [0.3, 0.4) is 0 Å². The average molecular weight is 311 g/mol. The predicted molar refractivity (Wildman–Crippen MR) is 74.1 cm³/mol. The van der Waals surface area contributed by atoms with Crippen molar-refractivity contribution in [2.75, 3.05) is 5.32 Å². The summed E-state index contributed by atoms with van der Waals surface area (Å²) in [6.07, 6.45) is 0. The van der Waals surface area contributed by atoms with Gasteiger partial charge in [-0.1, -0.05) is 11.6 Å². The molecule has 0 saturated heterocycles. The number of carbonyl (C=O) groups is 1. The first kappa shape index (κ1) is 14.7. The van der Waals surface area contributed by atoms with Crippen molar-refractivity contribution in [2.45, 2.75) is 0 Å². The molecule has 2 N–H and O–H groups in total. The van der Waals surface area contributed by atoms with Gasteiger partial charge in [0.25, 0.3) is 11.6 Å². The molecular formula is C13H8ClFN2O4. The highest BCUT2D eigenvalue weighted by Crippen LogP contribution is 2.29. The van der Waals surface area contributed by atoms with Crippen LogP contribution in [-0.4, -0.2) is 15.9 Å². The minimum absolute atomic E-state index is 0.0241. The van der Waals surface area contributed by atoms with E-state index in [9.17, 15) is 24.4 Å². The fraction of sp³-hybridized carbons (Fsp3) is 0. The largest absolute Gasteiger partial charge is 0.506 e. The number of anilines is 1. The predicted octanol–water partition coefficient (Wildman–Crippen LogP) is 3.35. The lowest BCUT2D eigenvalue weighted by atomic mass is 10.2. The van der Waals surface area contributed by atoms with Gasteiger partial charge in [-0.2, -0.15) is 0 Å². The number of phenols is 1. The Bertz CT molecular complexity index is 736. The number of carbonyl (C=O) groups excluding carboxylic acids is 1. The van der Waals surface area contributed by atoms with Crippen LogP contribution in [0.2, 0.25) is 5.02 Å². The molecule has 0 aromatic heterocycles. The van der Waals surface area contributed by atoms with E-state index in [0.29, 0.717) is 0 Å². The van der Waals surface area contributed by atoms with Crippen molar-refractivity contribution in [3.8, 4) is 5.75 Å². The van der Waals surface area contributed by atoms with Gasteiger partial charge in [0.2, 0.25) is 0 Å². The Balaban J connectivity index is 2.31. The molecule has 2 aromatic rings. The van der Waals surface area contributed by atoms with E-state index in [4.69, 9.17) is 11.6 Å². The van der Waals surface area contributed by atoms with Crippen molar-refractivity contribution in [1.82, 2.24) is 0 Å². The highest BCUT2D eigenvalue weighted by atomic mass is 35.5. The summed E-state index contributed by atoms with van der Waals surface area (Å²) < 4.78 is 12.9. The number of non-ortho nitro benzene ring substituents is 1. The van der Waals surface area contributed by atoms with Crippen LogP contribution < -0.4 is 5.32 Å². The van der Waals surface area contributed by atoms with E-state index in [1.165, 1.54) is 6.07 Å². The number of nitrogens with one attached hydrogen (secondary N) is 1. The summed E-state index contributed by atoms with van der Waals surface area (Å²) in [7, 11) is 0. The fourth-order valence-electron chi connectivity index (χ4n) is 1.60. The van der Waals surface area contributed by atoms with Gasteiger partial charge in [0.05, 0.1) is 21.2 Å². The lowest BCUT2D eigenvalue weighted by Gasteiger charge is -2.08. The molecule has 8 heteroatoms. The first-order valence-corrected chi connectivity index (χ1v) is 6.00. The van der Waals surface area contributed by atoms with Gasteiger partial charge in [-0.25, -0.2) is 4.39 Å². The molecule has 0 aliphatic carbocycles. The molecule has 6 nitrogen and oxygen atoms in total. The summed E-state index contributed by atoms with van der Waals surface area (Å²) in [6, 6.07) is 6.36. The topological polar surface area (TPSA) is 92.5 Å². The number of nitrogens with zero attached hydrogens (tertiary/aromatic N) is 1. The third-order valence-corrected chi connectivity index (χ3v) is 2.93. The van der Waals surface area contributed by atoms with Crippen LogP contribution in [0.5, 0.6) is 5.75 Å². The molecule has 0 radical (unpaired) electrons. The Labute approximate surface area is 122 Å². The summed E-state index contributed by atoms with van der Waals surface area (Å²) in [6.45, 7) is 0. The summed E-state index contributed by atoms with van der Waals surface area (Å²) in [5.74, 6) is -1.67. The maximum atomic E-state index is 12.9. The molecule has 108 valence electrons. The zero-order valence-electron chi connectivity index (χ0n) is 10.3. The van der Waals surface area contributed by atoms with Gasteiger partial charge >= 0.3 is 0 Å². The van der Waals surface area contributed by atoms with E-state index in [-0.39, 0.29) is 27.7 Å². The fourth-order valence-corrected chi connectivity index (χ4v) is 1.85. The molecule has 0 spiro atoms. The van der Waals surface area contributed by atoms with Gasteiger partial charge in [0.1, 0.15) is 11.6 Å². The van der Waals surface area contributed by atoms with Crippen LogP contribution in [0, 0.1) is 15.9 Å². The van der Waals surface area contributed by atoms with Crippen LogP contribution in [0.25, 0.3) is 0 Å². The van der Waals surface area contributed by atoms with E-state index in [1.54, 1.807) is 0 Å². The van der Waals surface area contributed by atoms with Gasteiger partial charge in [-0.15, -0.1) is 0 Å². The van der Waals surface area contributed by atoms with Gasteiger partial charge in [-0.3, -0.25) is 14.9 Å². The molecule has 21 heavy (non-hydrogen) atoms. The number of aromatic hydroxyl groups is 1. The normalized spacial score (nSPS) is 10.2. The molecule has 0 bridgehead atoms. The number of phenolic OH excluding ortho intramolecular Hbond substituents is 1. The molecule has 2 aromatic carbocycles. The van der Waals surface area contributed by atoms with E-state index in [1.807, 2.05) is 0 Å². The van der Waals surface area contributed by atoms with Crippen LogP contribution in [0.1, 0.15) is 10.4 Å². The molecule has 2 rings (SSSR count).